The van der Waals surface area contributed by atoms with Gasteiger partial charge in [0.25, 0.3) is 0 Å². The molecule has 6 nitrogen and oxygen atoms in total. The van der Waals surface area contributed by atoms with Gasteiger partial charge >= 0.3 is 5.69 Å². The topological polar surface area (TPSA) is 84.8 Å². The van der Waals surface area contributed by atoms with Gasteiger partial charge in [0.1, 0.15) is 11.8 Å². The number of aromatic nitrogens is 2. The van der Waals surface area contributed by atoms with Crippen LogP contribution in [0.15, 0.2) is 30.5 Å². The molecule has 2 heterocycles. The van der Waals surface area contributed by atoms with Crippen LogP contribution in [0, 0.1) is 28.4 Å². The van der Waals surface area contributed by atoms with E-state index in [1.807, 2.05) is 6.07 Å². The highest BCUT2D eigenvalue weighted by Gasteiger charge is 2.18. The van der Waals surface area contributed by atoms with Gasteiger partial charge < -0.3 is 0 Å². The fourth-order valence-electron chi connectivity index (χ4n) is 1.51. The van der Waals surface area contributed by atoms with Gasteiger partial charge in [-0.2, -0.15) is 5.26 Å². The van der Waals surface area contributed by atoms with Crippen molar-refractivity contribution >= 4 is 5.69 Å². The number of hydrogen-bond acceptors (Lipinski definition) is 4. The molecule has 0 N–H and O–H groups in total. The summed E-state index contributed by atoms with van der Waals surface area (Å²) in [7, 11) is 0. The number of nitrogens with zero attached hydrogens (tertiary/aromatic N) is 4. The molecule has 0 saturated carbocycles. The van der Waals surface area contributed by atoms with Gasteiger partial charge in [0.2, 0.25) is 5.82 Å². The Hall–Kier alpha value is -2.68. The largest absolute Gasteiger partial charge is 0.312 e. The molecule has 0 spiro atoms. The fourth-order valence-corrected chi connectivity index (χ4v) is 1.51. The molecule has 0 atom stereocenters. The van der Waals surface area contributed by atoms with E-state index in [9.17, 15) is 10.1 Å². The van der Waals surface area contributed by atoms with Crippen molar-refractivity contribution in [2.75, 3.05) is 0 Å². The number of hydrogen-bond donors (Lipinski definition) is 0. The Labute approximate surface area is 96.9 Å². The van der Waals surface area contributed by atoms with Crippen LogP contribution in [0.5, 0.6) is 0 Å². The quantitative estimate of drug-likeness (QED) is 0.580. The first-order valence-corrected chi connectivity index (χ1v) is 4.83. The third-order valence-electron chi connectivity index (χ3n) is 2.28. The van der Waals surface area contributed by atoms with E-state index in [0.717, 1.165) is 0 Å². The first-order chi connectivity index (χ1) is 8.13. The molecule has 0 unspecified atom stereocenters. The normalized spacial score (nSPS) is 9.88. The summed E-state index contributed by atoms with van der Waals surface area (Å²) in [6.07, 6.45) is 1.58. The molecular formula is C11H8N4O2. The van der Waals surface area contributed by atoms with Gasteiger partial charge in [-0.1, -0.05) is 0 Å². The van der Waals surface area contributed by atoms with Crippen LogP contribution in [-0.4, -0.2) is 14.5 Å². The summed E-state index contributed by atoms with van der Waals surface area (Å²) >= 11 is 0. The van der Waals surface area contributed by atoms with Gasteiger partial charge in [-0.3, -0.25) is 14.7 Å². The lowest BCUT2D eigenvalue weighted by molar-refractivity contribution is -0.384. The van der Waals surface area contributed by atoms with Crippen LogP contribution in [0.25, 0.3) is 5.82 Å². The van der Waals surface area contributed by atoms with E-state index in [4.69, 9.17) is 5.26 Å². The summed E-state index contributed by atoms with van der Waals surface area (Å²) in [5, 5.41) is 19.8. The summed E-state index contributed by atoms with van der Waals surface area (Å²) in [6, 6.07) is 8.14. The highest BCUT2D eigenvalue weighted by molar-refractivity contribution is 5.50. The van der Waals surface area contributed by atoms with E-state index < -0.39 is 4.92 Å². The van der Waals surface area contributed by atoms with E-state index in [-0.39, 0.29) is 11.5 Å². The zero-order chi connectivity index (χ0) is 12.4. The van der Waals surface area contributed by atoms with E-state index in [1.54, 1.807) is 31.3 Å². The molecule has 2 aromatic rings. The minimum absolute atomic E-state index is 0.122. The Kier molecular flexibility index (Phi) is 2.58. The van der Waals surface area contributed by atoms with Crippen molar-refractivity contribution < 1.29 is 4.92 Å². The molecule has 0 amide bonds. The maximum atomic E-state index is 10.9. The summed E-state index contributed by atoms with van der Waals surface area (Å²) in [5.41, 5.74) is 0.845. The first-order valence-electron chi connectivity index (χ1n) is 4.83. The molecular weight excluding hydrogens is 220 g/mol. The predicted molar refractivity (Wildman–Crippen MR) is 59.7 cm³/mol. The number of rotatable bonds is 2. The molecule has 0 fully saturated rings. The van der Waals surface area contributed by atoms with E-state index in [2.05, 4.69) is 4.98 Å². The lowest BCUT2D eigenvalue weighted by Gasteiger charge is -2.05. The van der Waals surface area contributed by atoms with Crippen molar-refractivity contribution in [1.29, 1.82) is 5.26 Å². The lowest BCUT2D eigenvalue weighted by atomic mass is 10.3. The van der Waals surface area contributed by atoms with E-state index in [1.165, 1.54) is 10.6 Å². The lowest BCUT2D eigenvalue weighted by Crippen LogP contribution is -2.04. The van der Waals surface area contributed by atoms with Gasteiger partial charge in [-0.25, -0.2) is 4.98 Å². The van der Waals surface area contributed by atoms with Crippen LogP contribution in [0.2, 0.25) is 0 Å². The zero-order valence-corrected chi connectivity index (χ0v) is 8.99. The van der Waals surface area contributed by atoms with E-state index in [0.29, 0.717) is 11.4 Å². The highest BCUT2D eigenvalue weighted by atomic mass is 16.6. The van der Waals surface area contributed by atoms with Crippen molar-refractivity contribution in [3.63, 3.8) is 0 Å². The second-order valence-electron chi connectivity index (χ2n) is 3.43. The Morgan fingerprint density at radius 3 is 2.88 bits per heavy atom. The Morgan fingerprint density at radius 1 is 1.47 bits per heavy atom. The molecule has 2 aromatic heterocycles. The van der Waals surface area contributed by atoms with Crippen molar-refractivity contribution in [3.05, 3.63) is 52.0 Å². The van der Waals surface area contributed by atoms with Gasteiger partial charge in [0, 0.05) is 18.0 Å². The molecule has 84 valence electrons. The highest BCUT2D eigenvalue weighted by Crippen LogP contribution is 2.22. The van der Waals surface area contributed by atoms with Gasteiger partial charge in [0.05, 0.1) is 4.92 Å². The molecule has 0 aliphatic carbocycles. The third kappa shape index (κ3) is 1.86. The van der Waals surface area contributed by atoms with Crippen molar-refractivity contribution in [2.24, 2.45) is 0 Å². The fraction of sp³-hybridized carbons (Fsp3) is 0.0909. The molecule has 0 aromatic carbocycles. The average Bonchev–Trinajstić information content (AvgIpc) is 2.76. The minimum atomic E-state index is -0.511. The van der Waals surface area contributed by atoms with Crippen molar-refractivity contribution in [2.45, 2.75) is 6.92 Å². The maximum Gasteiger partial charge on any atom is 0.312 e. The Balaban J connectivity index is 2.70. The van der Waals surface area contributed by atoms with E-state index >= 15 is 0 Å². The number of nitriles is 1. The third-order valence-corrected chi connectivity index (χ3v) is 2.28. The summed E-state index contributed by atoms with van der Waals surface area (Å²) in [6.45, 7) is 1.74. The number of aryl methyl sites for hydroxylation is 1. The smallest absolute Gasteiger partial charge is 0.287 e. The molecule has 0 aliphatic heterocycles. The van der Waals surface area contributed by atoms with Crippen LogP contribution in [0.3, 0.4) is 0 Å². The van der Waals surface area contributed by atoms with Crippen LogP contribution < -0.4 is 0 Å². The first kappa shape index (κ1) is 10.8. The maximum absolute atomic E-state index is 10.9. The summed E-state index contributed by atoms with van der Waals surface area (Å²) < 4.78 is 1.41. The molecule has 0 bridgehead atoms. The summed E-state index contributed by atoms with van der Waals surface area (Å²) in [5.74, 6) is 0.163. The van der Waals surface area contributed by atoms with Crippen LogP contribution in [-0.2, 0) is 0 Å². The van der Waals surface area contributed by atoms with Crippen LogP contribution >= 0.6 is 0 Å². The SMILES string of the molecule is Cc1ccc([N+](=O)[O-])c(-n2cccc2C#N)n1. The van der Waals surface area contributed by atoms with Crippen molar-refractivity contribution in [3.8, 4) is 11.9 Å². The molecule has 6 heteroatoms. The molecule has 17 heavy (non-hydrogen) atoms. The van der Waals surface area contributed by atoms with Crippen LogP contribution in [0.4, 0.5) is 5.69 Å². The summed E-state index contributed by atoms with van der Waals surface area (Å²) in [4.78, 5) is 14.5. The number of nitro groups is 1. The minimum Gasteiger partial charge on any atom is -0.287 e. The Bertz CT molecular complexity index is 625. The molecule has 0 radical (unpaired) electrons. The standard InChI is InChI=1S/C11H8N4O2/c1-8-4-5-10(15(16)17)11(13-8)14-6-2-3-9(14)7-12/h2-6H,1H3. The zero-order valence-electron chi connectivity index (χ0n) is 8.99. The van der Waals surface area contributed by atoms with Gasteiger partial charge in [-0.05, 0) is 25.1 Å². The second kappa shape index (κ2) is 4.06. The molecule has 2 rings (SSSR count). The molecule has 0 saturated heterocycles. The van der Waals surface area contributed by atoms with Crippen molar-refractivity contribution in [1.82, 2.24) is 9.55 Å². The number of pyridine rings is 1. The second-order valence-corrected chi connectivity index (χ2v) is 3.43. The van der Waals surface area contributed by atoms with Gasteiger partial charge in [0.15, 0.2) is 0 Å². The molecule has 0 aliphatic rings. The monoisotopic (exact) mass is 228 g/mol. The van der Waals surface area contributed by atoms with Gasteiger partial charge in [-0.15, -0.1) is 0 Å². The Morgan fingerprint density at radius 2 is 2.24 bits per heavy atom. The predicted octanol–water partition coefficient (Wildman–Crippen LogP) is 1.96. The van der Waals surface area contributed by atoms with Crippen LogP contribution in [0.1, 0.15) is 11.4 Å². The average molecular weight is 228 g/mol.